The zero-order valence-electron chi connectivity index (χ0n) is 16.4. The SMILES string of the molecule is CC(Sc1nnc(N2CCCCC2)n1Cc1ccco1)C(=O)NCc1ccco1. The molecule has 9 heteroatoms. The van der Waals surface area contributed by atoms with Crippen molar-refractivity contribution in [2.24, 2.45) is 0 Å². The van der Waals surface area contributed by atoms with Crippen molar-refractivity contribution >= 4 is 23.6 Å². The first-order chi connectivity index (χ1) is 14.2. The summed E-state index contributed by atoms with van der Waals surface area (Å²) in [5.74, 6) is 2.33. The minimum atomic E-state index is -0.321. The molecule has 8 nitrogen and oxygen atoms in total. The van der Waals surface area contributed by atoms with E-state index in [2.05, 4.69) is 20.4 Å². The van der Waals surface area contributed by atoms with Crippen LogP contribution in [0, 0.1) is 0 Å². The van der Waals surface area contributed by atoms with Gasteiger partial charge in [0.1, 0.15) is 11.5 Å². The largest absolute Gasteiger partial charge is 0.467 e. The topological polar surface area (TPSA) is 89.3 Å². The second-order valence-corrected chi connectivity index (χ2v) is 8.36. The van der Waals surface area contributed by atoms with Crippen LogP contribution in [0.25, 0.3) is 0 Å². The van der Waals surface area contributed by atoms with Gasteiger partial charge in [-0.15, -0.1) is 10.2 Å². The summed E-state index contributed by atoms with van der Waals surface area (Å²) in [6.45, 7) is 4.72. The number of hydrogen-bond acceptors (Lipinski definition) is 7. The van der Waals surface area contributed by atoms with Crippen molar-refractivity contribution in [3.8, 4) is 0 Å². The van der Waals surface area contributed by atoms with E-state index in [9.17, 15) is 4.79 Å². The molecule has 3 aromatic rings. The van der Waals surface area contributed by atoms with Crippen LogP contribution in [0.4, 0.5) is 5.95 Å². The maximum Gasteiger partial charge on any atom is 0.233 e. The molecule has 1 N–H and O–H groups in total. The summed E-state index contributed by atoms with van der Waals surface area (Å²) in [5.41, 5.74) is 0. The van der Waals surface area contributed by atoms with Gasteiger partial charge in [-0.2, -0.15) is 0 Å². The Labute approximate surface area is 173 Å². The van der Waals surface area contributed by atoms with Crippen molar-refractivity contribution in [3.63, 3.8) is 0 Å². The number of anilines is 1. The van der Waals surface area contributed by atoms with Gasteiger partial charge in [-0.05, 0) is 50.5 Å². The van der Waals surface area contributed by atoms with Crippen molar-refractivity contribution in [3.05, 3.63) is 48.3 Å². The van der Waals surface area contributed by atoms with Gasteiger partial charge >= 0.3 is 0 Å². The molecule has 0 radical (unpaired) electrons. The molecule has 154 valence electrons. The third kappa shape index (κ3) is 4.84. The van der Waals surface area contributed by atoms with Gasteiger partial charge in [-0.1, -0.05) is 11.8 Å². The van der Waals surface area contributed by atoms with E-state index in [4.69, 9.17) is 8.83 Å². The molecule has 0 spiro atoms. The summed E-state index contributed by atoms with van der Waals surface area (Å²) in [4.78, 5) is 14.8. The molecule has 4 rings (SSSR count). The molecule has 1 saturated heterocycles. The standard InChI is InChI=1S/C20H25N5O3S/c1-15(18(26)21-13-16-7-5-11-27-16)29-20-23-22-19(24-9-3-2-4-10-24)25(20)14-17-8-6-12-28-17/h5-8,11-12,15H,2-4,9-10,13-14H2,1H3,(H,21,26). The lowest BCUT2D eigenvalue weighted by Crippen LogP contribution is -2.32. The van der Waals surface area contributed by atoms with E-state index in [0.29, 0.717) is 18.2 Å². The van der Waals surface area contributed by atoms with E-state index in [1.165, 1.54) is 18.2 Å². The molecule has 0 aliphatic carbocycles. The number of aromatic nitrogens is 3. The summed E-state index contributed by atoms with van der Waals surface area (Å²) < 4.78 is 12.9. The first-order valence-electron chi connectivity index (χ1n) is 9.88. The van der Waals surface area contributed by atoms with Crippen molar-refractivity contribution in [2.75, 3.05) is 18.0 Å². The van der Waals surface area contributed by atoms with E-state index < -0.39 is 0 Å². The number of thioether (sulfide) groups is 1. The first kappa shape index (κ1) is 19.6. The third-order valence-corrected chi connectivity index (χ3v) is 5.98. The van der Waals surface area contributed by atoms with Crippen LogP contribution in [0.3, 0.4) is 0 Å². The Morgan fingerprint density at radius 3 is 2.55 bits per heavy atom. The summed E-state index contributed by atoms with van der Waals surface area (Å²) in [6, 6.07) is 7.45. The number of amides is 1. The van der Waals surface area contributed by atoms with Gasteiger partial charge < -0.3 is 19.1 Å². The molecule has 1 aliphatic heterocycles. The average molecular weight is 416 g/mol. The molecule has 1 atom stereocenters. The zero-order chi connectivity index (χ0) is 20.1. The minimum Gasteiger partial charge on any atom is -0.467 e. The molecule has 4 heterocycles. The fourth-order valence-corrected chi connectivity index (χ4v) is 4.20. The normalized spacial score (nSPS) is 15.4. The second-order valence-electron chi connectivity index (χ2n) is 7.05. The van der Waals surface area contributed by atoms with E-state index in [1.54, 1.807) is 18.6 Å². The van der Waals surface area contributed by atoms with Crippen molar-refractivity contribution in [1.29, 1.82) is 0 Å². The highest BCUT2D eigenvalue weighted by Gasteiger charge is 2.24. The maximum atomic E-state index is 12.5. The fourth-order valence-electron chi connectivity index (χ4n) is 3.34. The van der Waals surface area contributed by atoms with E-state index in [-0.39, 0.29) is 11.2 Å². The van der Waals surface area contributed by atoms with Crippen LogP contribution < -0.4 is 10.2 Å². The lowest BCUT2D eigenvalue weighted by atomic mass is 10.1. The molecule has 1 aliphatic rings. The Balaban J connectivity index is 1.47. The molecular weight excluding hydrogens is 390 g/mol. The number of nitrogens with one attached hydrogen (secondary N) is 1. The molecule has 1 unspecified atom stereocenters. The number of rotatable bonds is 8. The zero-order valence-corrected chi connectivity index (χ0v) is 17.2. The van der Waals surface area contributed by atoms with Crippen LogP contribution in [-0.4, -0.2) is 39.0 Å². The summed E-state index contributed by atoms with van der Waals surface area (Å²) in [5, 5.41) is 12.1. The maximum absolute atomic E-state index is 12.5. The Morgan fingerprint density at radius 1 is 1.14 bits per heavy atom. The number of piperidine rings is 1. The highest BCUT2D eigenvalue weighted by atomic mass is 32.2. The first-order valence-corrected chi connectivity index (χ1v) is 10.8. The lowest BCUT2D eigenvalue weighted by molar-refractivity contribution is -0.120. The molecule has 29 heavy (non-hydrogen) atoms. The number of furan rings is 2. The molecule has 0 bridgehead atoms. The van der Waals surface area contributed by atoms with Gasteiger partial charge in [-0.25, -0.2) is 0 Å². The minimum absolute atomic E-state index is 0.0709. The Kier molecular flexibility index (Phi) is 6.24. The van der Waals surface area contributed by atoms with Crippen molar-refractivity contribution in [1.82, 2.24) is 20.1 Å². The lowest BCUT2D eigenvalue weighted by Gasteiger charge is -2.27. The predicted octanol–water partition coefficient (Wildman–Crippen LogP) is 3.30. The number of hydrogen-bond donors (Lipinski definition) is 1. The van der Waals surface area contributed by atoms with Crippen LogP contribution in [0.1, 0.15) is 37.7 Å². The van der Waals surface area contributed by atoms with Crippen LogP contribution in [0.15, 0.2) is 50.8 Å². The van der Waals surface area contributed by atoms with Crippen molar-refractivity contribution in [2.45, 2.75) is 49.7 Å². The van der Waals surface area contributed by atoms with Gasteiger partial charge in [0.05, 0.1) is 30.9 Å². The van der Waals surface area contributed by atoms with Crippen LogP contribution >= 0.6 is 11.8 Å². The van der Waals surface area contributed by atoms with Gasteiger partial charge in [0, 0.05) is 13.1 Å². The van der Waals surface area contributed by atoms with Crippen LogP contribution in [0.2, 0.25) is 0 Å². The molecule has 3 aromatic heterocycles. The van der Waals surface area contributed by atoms with E-state index in [0.717, 1.165) is 43.4 Å². The van der Waals surface area contributed by atoms with Gasteiger partial charge in [0.15, 0.2) is 5.16 Å². The van der Waals surface area contributed by atoms with Gasteiger partial charge in [0.25, 0.3) is 0 Å². The Hall–Kier alpha value is -2.68. The van der Waals surface area contributed by atoms with Crippen LogP contribution in [-0.2, 0) is 17.9 Å². The summed E-state index contributed by atoms with van der Waals surface area (Å²) in [7, 11) is 0. The molecule has 0 saturated carbocycles. The van der Waals surface area contributed by atoms with Crippen molar-refractivity contribution < 1.29 is 13.6 Å². The summed E-state index contributed by atoms with van der Waals surface area (Å²) >= 11 is 1.40. The monoisotopic (exact) mass is 415 g/mol. The Morgan fingerprint density at radius 2 is 1.86 bits per heavy atom. The van der Waals surface area contributed by atoms with Gasteiger partial charge in [0.2, 0.25) is 11.9 Å². The highest BCUT2D eigenvalue weighted by Crippen LogP contribution is 2.28. The van der Waals surface area contributed by atoms with E-state index in [1.807, 2.05) is 29.7 Å². The second kappa shape index (κ2) is 9.21. The molecule has 1 fully saturated rings. The Bertz CT molecular complexity index is 901. The number of nitrogens with zero attached hydrogens (tertiary/aromatic N) is 4. The molecule has 0 aromatic carbocycles. The quantitative estimate of drug-likeness (QED) is 0.565. The van der Waals surface area contributed by atoms with Crippen LogP contribution in [0.5, 0.6) is 0 Å². The molecular formula is C20H25N5O3S. The van der Waals surface area contributed by atoms with E-state index >= 15 is 0 Å². The number of carbonyl (C=O) groups is 1. The smallest absolute Gasteiger partial charge is 0.233 e. The average Bonchev–Trinajstić information content (AvgIpc) is 3.50. The summed E-state index contributed by atoms with van der Waals surface area (Å²) in [6.07, 6.45) is 6.82. The number of carbonyl (C=O) groups excluding carboxylic acids is 1. The highest BCUT2D eigenvalue weighted by molar-refractivity contribution is 8.00. The van der Waals surface area contributed by atoms with Gasteiger partial charge in [-0.3, -0.25) is 9.36 Å². The third-order valence-electron chi connectivity index (χ3n) is 4.90. The fraction of sp³-hybridized carbons (Fsp3) is 0.450. The molecule has 1 amide bonds. The predicted molar refractivity (Wildman–Crippen MR) is 110 cm³/mol.